The van der Waals surface area contributed by atoms with Gasteiger partial charge < -0.3 is 5.11 Å². The van der Waals surface area contributed by atoms with Gasteiger partial charge in [0.1, 0.15) is 5.57 Å². The summed E-state index contributed by atoms with van der Waals surface area (Å²) in [5.74, 6) is 0.696. The summed E-state index contributed by atoms with van der Waals surface area (Å²) in [4.78, 5) is 23.5. The van der Waals surface area contributed by atoms with E-state index in [0.717, 1.165) is 30.8 Å². The van der Waals surface area contributed by atoms with Crippen molar-refractivity contribution in [3.63, 3.8) is 0 Å². The average molecular weight is 306 g/mol. The van der Waals surface area contributed by atoms with Crippen LogP contribution in [0.25, 0.3) is 0 Å². The van der Waals surface area contributed by atoms with E-state index >= 15 is 0 Å². The molecular formula is C19H30O3. The fraction of sp³-hybridized carbons (Fsp3) is 0.789. The lowest BCUT2D eigenvalue weighted by Crippen LogP contribution is -2.35. The summed E-state index contributed by atoms with van der Waals surface area (Å²) in [7, 11) is 0. The fourth-order valence-corrected chi connectivity index (χ4v) is 4.75. The highest BCUT2D eigenvalue weighted by Gasteiger charge is 2.50. The van der Waals surface area contributed by atoms with Crippen molar-refractivity contribution < 1.29 is 14.7 Å². The highest BCUT2D eigenvalue weighted by Crippen LogP contribution is 2.57. The molecule has 0 aromatic carbocycles. The number of allylic oxidation sites excluding steroid dienone is 1. The fourth-order valence-electron chi connectivity index (χ4n) is 4.75. The maximum Gasteiger partial charge on any atom is 0.339 e. The van der Waals surface area contributed by atoms with E-state index in [1.165, 1.54) is 19.3 Å². The Morgan fingerprint density at radius 1 is 1.27 bits per heavy atom. The predicted molar refractivity (Wildman–Crippen MR) is 87.6 cm³/mol. The minimum Gasteiger partial charge on any atom is -0.478 e. The summed E-state index contributed by atoms with van der Waals surface area (Å²) in [5.41, 5.74) is 0.987. The van der Waals surface area contributed by atoms with Crippen molar-refractivity contribution in [1.29, 1.82) is 0 Å². The van der Waals surface area contributed by atoms with Crippen LogP contribution in [0.5, 0.6) is 0 Å². The first-order valence-electron chi connectivity index (χ1n) is 8.77. The normalized spacial score (nSPS) is 29.9. The average Bonchev–Trinajstić information content (AvgIpc) is 2.75. The molecule has 1 fully saturated rings. The Morgan fingerprint density at radius 3 is 2.55 bits per heavy atom. The first-order valence-corrected chi connectivity index (χ1v) is 8.77. The van der Waals surface area contributed by atoms with Crippen molar-refractivity contribution in [2.24, 2.45) is 23.2 Å². The lowest BCUT2D eigenvalue weighted by Gasteiger charge is -2.39. The molecule has 0 amide bonds. The minimum atomic E-state index is -1.01. The standard InChI is InChI=1S/C19H30O3/c1-12(2)6-5-7-13(3)14-8-9-15-17(18(21)22)16(20)10-11-19(14,15)4/h12-14H,5-11H2,1-4H3,(H,21,22)/t13-,14-,19-/m0/s1. The first kappa shape index (κ1) is 17.2. The topological polar surface area (TPSA) is 54.4 Å². The molecule has 0 unspecified atom stereocenters. The highest BCUT2D eigenvalue weighted by molar-refractivity contribution is 6.18. The second kappa shape index (κ2) is 6.55. The molecule has 2 aliphatic rings. The molecular weight excluding hydrogens is 276 g/mol. The Bertz CT molecular complexity index is 489. The van der Waals surface area contributed by atoms with Crippen LogP contribution in [-0.2, 0) is 9.59 Å². The quantitative estimate of drug-likeness (QED) is 0.729. The summed E-state index contributed by atoms with van der Waals surface area (Å²) in [5, 5.41) is 9.42. The van der Waals surface area contributed by atoms with Crippen molar-refractivity contribution in [3.8, 4) is 0 Å². The first-order chi connectivity index (χ1) is 10.3. The zero-order chi connectivity index (χ0) is 16.5. The number of hydrogen-bond acceptors (Lipinski definition) is 2. The van der Waals surface area contributed by atoms with Gasteiger partial charge in [-0.15, -0.1) is 0 Å². The monoisotopic (exact) mass is 306 g/mol. The predicted octanol–water partition coefficient (Wildman–Crippen LogP) is 4.61. The third-order valence-electron chi connectivity index (χ3n) is 6.01. The summed E-state index contributed by atoms with van der Waals surface area (Å²) < 4.78 is 0. The van der Waals surface area contributed by atoms with E-state index in [1.54, 1.807) is 0 Å². The number of aliphatic carboxylic acids is 1. The van der Waals surface area contributed by atoms with Gasteiger partial charge in [-0.05, 0) is 48.0 Å². The van der Waals surface area contributed by atoms with Gasteiger partial charge in [-0.3, -0.25) is 4.79 Å². The maximum absolute atomic E-state index is 12.0. The molecule has 0 bridgehead atoms. The lowest BCUT2D eigenvalue weighted by atomic mass is 9.64. The van der Waals surface area contributed by atoms with E-state index in [1.807, 2.05) is 0 Å². The van der Waals surface area contributed by atoms with Gasteiger partial charge in [-0.25, -0.2) is 4.79 Å². The molecule has 0 radical (unpaired) electrons. The van der Waals surface area contributed by atoms with Crippen LogP contribution in [0.2, 0.25) is 0 Å². The largest absolute Gasteiger partial charge is 0.478 e. The number of ketones is 1. The van der Waals surface area contributed by atoms with Crippen molar-refractivity contribution >= 4 is 11.8 Å². The third-order valence-corrected chi connectivity index (χ3v) is 6.01. The van der Waals surface area contributed by atoms with Gasteiger partial charge in [0, 0.05) is 6.42 Å². The van der Waals surface area contributed by atoms with Gasteiger partial charge in [-0.2, -0.15) is 0 Å². The van der Waals surface area contributed by atoms with Gasteiger partial charge in [0.15, 0.2) is 5.78 Å². The van der Waals surface area contributed by atoms with Gasteiger partial charge in [0.2, 0.25) is 0 Å². The van der Waals surface area contributed by atoms with Crippen LogP contribution in [0.3, 0.4) is 0 Å². The second-order valence-electron chi connectivity index (χ2n) is 7.95. The Labute approximate surface area is 134 Å². The van der Waals surface area contributed by atoms with Crippen LogP contribution in [0, 0.1) is 23.2 Å². The molecule has 1 saturated carbocycles. The molecule has 2 rings (SSSR count). The Morgan fingerprint density at radius 2 is 1.95 bits per heavy atom. The van der Waals surface area contributed by atoms with Crippen molar-refractivity contribution in [1.82, 2.24) is 0 Å². The number of fused-ring (bicyclic) bond motifs is 1. The lowest BCUT2D eigenvalue weighted by molar-refractivity contribution is -0.135. The molecule has 0 aromatic rings. The maximum atomic E-state index is 12.0. The number of carboxylic acid groups (broad SMARTS) is 1. The zero-order valence-electron chi connectivity index (χ0n) is 14.4. The third kappa shape index (κ3) is 3.13. The SMILES string of the molecule is CC(C)CCC[C@H](C)[C@@H]1CCC2=C(C(=O)O)C(=O)CC[C@]21C. The van der Waals surface area contributed by atoms with E-state index in [2.05, 4.69) is 27.7 Å². The number of rotatable bonds is 6. The van der Waals surface area contributed by atoms with Crippen LogP contribution in [0.1, 0.15) is 72.6 Å². The molecule has 0 aromatic heterocycles. The van der Waals surface area contributed by atoms with Gasteiger partial charge in [0.25, 0.3) is 0 Å². The number of carboxylic acids is 1. The van der Waals surface area contributed by atoms with Gasteiger partial charge >= 0.3 is 5.97 Å². The van der Waals surface area contributed by atoms with E-state index in [0.29, 0.717) is 18.3 Å². The molecule has 22 heavy (non-hydrogen) atoms. The summed E-state index contributed by atoms with van der Waals surface area (Å²) in [6, 6.07) is 0. The van der Waals surface area contributed by atoms with Crippen LogP contribution in [0.15, 0.2) is 11.1 Å². The van der Waals surface area contributed by atoms with Crippen LogP contribution in [-0.4, -0.2) is 16.9 Å². The zero-order valence-corrected chi connectivity index (χ0v) is 14.4. The Hall–Kier alpha value is -1.12. The minimum absolute atomic E-state index is 0.0706. The molecule has 3 atom stereocenters. The molecule has 0 saturated heterocycles. The summed E-state index contributed by atoms with van der Waals surface area (Å²) in [6.07, 6.45) is 6.78. The van der Waals surface area contributed by atoms with E-state index < -0.39 is 5.97 Å². The van der Waals surface area contributed by atoms with E-state index in [9.17, 15) is 14.7 Å². The second-order valence-corrected chi connectivity index (χ2v) is 7.95. The van der Waals surface area contributed by atoms with E-state index in [-0.39, 0.29) is 16.8 Å². The van der Waals surface area contributed by atoms with Crippen molar-refractivity contribution in [3.05, 3.63) is 11.1 Å². The summed E-state index contributed by atoms with van der Waals surface area (Å²) in [6.45, 7) is 9.03. The van der Waals surface area contributed by atoms with Gasteiger partial charge in [-0.1, -0.05) is 47.0 Å². The van der Waals surface area contributed by atoms with E-state index in [4.69, 9.17) is 0 Å². The van der Waals surface area contributed by atoms with Crippen molar-refractivity contribution in [2.45, 2.75) is 72.6 Å². The molecule has 3 nitrogen and oxygen atoms in total. The van der Waals surface area contributed by atoms with Gasteiger partial charge in [0.05, 0.1) is 0 Å². The molecule has 0 heterocycles. The smallest absolute Gasteiger partial charge is 0.339 e. The number of Topliss-reactive ketones (excluding diaryl/α,β-unsaturated/α-hetero) is 1. The number of carbonyl (C=O) groups excluding carboxylic acids is 1. The molecule has 3 heteroatoms. The summed E-state index contributed by atoms with van der Waals surface area (Å²) >= 11 is 0. The molecule has 2 aliphatic carbocycles. The molecule has 0 aliphatic heterocycles. The molecule has 1 N–H and O–H groups in total. The molecule has 0 spiro atoms. The highest BCUT2D eigenvalue weighted by atomic mass is 16.4. The number of hydrogen-bond donors (Lipinski definition) is 1. The van der Waals surface area contributed by atoms with Crippen LogP contribution in [0.4, 0.5) is 0 Å². The Kier molecular flexibility index (Phi) is 5.14. The van der Waals surface area contributed by atoms with Crippen molar-refractivity contribution in [2.75, 3.05) is 0 Å². The van der Waals surface area contributed by atoms with Crippen LogP contribution < -0.4 is 0 Å². The van der Waals surface area contributed by atoms with Crippen LogP contribution >= 0.6 is 0 Å². The Balaban J connectivity index is 2.17. The molecule has 124 valence electrons. The number of carbonyl (C=O) groups is 2.